The molecule has 3 N–H and O–H groups in total. The second kappa shape index (κ2) is 5.62. The lowest BCUT2D eigenvalue weighted by Crippen LogP contribution is -2.33. The highest BCUT2D eigenvalue weighted by Crippen LogP contribution is 2.37. The van der Waals surface area contributed by atoms with Gasteiger partial charge in [0, 0.05) is 16.6 Å². The molecule has 2 aromatic rings. The van der Waals surface area contributed by atoms with E-state index in [2.05, 4.69) is 26.1 Å². The van der Waals surface area contributed by atoms with Gasteiger partial charge in [-0.05, 0) is 24.0 Å². The van der Waals surface area contributed by atoms with Crippen LogP contribution in [0.15, 0.2) is 18.2 Å². The van der Waals surface area contributed by atoms with Crippen LogP contribution in [0, 0.1) is 5.41 Å². The smallest absolute Gasteiger partial charge is 0.263 e. The Balaban J connectivity index is 2.27. The molecule has 0 bridgehead atoms. The van der Waals surface area contributed by atoms with Crippen molar-refractivity contribution < 1.29 is 4.79 Å². The molecule has 0 saturated heterocycles. The van der Waals surface area contributed by atoms with E-state index in [9.17, 15) is 4.79 Å². The van der Waals surface area contributed by atoms with Crippen molar-refractivity contribution in [1.29, 1.82) is 0 Å². The van der Waals surface area contributed by atoms with Crippen LogP contribution in [0.25, 0.3) is 10.1 Å². The van der Waals surface area contributed by atoms with E-state index in [1.807, 2.05) is 12.1 Å². The maximum Gasteiger partial charge on any atom is 0.263 e. The van der Waals surface area contributed by atoms with E-state index in [-0.39, 0.29) is 11.3 Å². The molecule has 0 aliphatic heterocycles. The molecule has 108 valence electrons. The number of nitrogens with two attached hydrogens (primary N) is 1. The van der Waals surface area contributed by atoms with Crippen LogP contribution in [0.2, 0.25) is 5.02 Å². The van der Waals surface area contributed by atoms with E-state index in [0.29, 0.717) is 22.1 Å². The number of carbonyl (C=O) groups excluding carboxylic acids is 1. The van der Waals surface area contributed by atoms with Crippen LogP contribution in [0.3, 0.4) is 0 Å². The molecule has 5 heteroatoms. The number of amides is 1. The second-order valence-corrected chi connectivity index (χ2v) is 7.12. The summed E-state index contributed by atoms with van der Waals surface area (Å²) in [7, 11) is 0. The second-order valence-electron chi connectivity index (χ2n) is 5.66. The maximum absolute atomic E-state index is 12.3. The Labute approximate surface area is 128 Å². The Bertz CT molecular complexity index is 649. The molecule has 1 amide bonds. The molecule has 0 radical (unpaired) electrons. The number of benzene rings is 1. The minimum atomic E-state index is -0.124. The normalized spacial score (nSPS) is 11.8. The topological polar surface area (TPSA) is 55.1 Å². The Morgan fingerprint density at radius 3 is 2.75 bits per heavy atom. The number of anilines is 1. The van der Waals surface area contributed by atoms with Gasteiger partial charge in [0.2, 0.25) is 0 Å². The summed E-state index contributed by atoms with van der Waals surface area (Å²) in [4.78, 5) is 12.8. The SMILES string of the molecule is CCC(C)(C)CNC(=O)c1sc2cccc(Cl)c2c1N. The summed E-state index contributed by atoms with van der Waals surface area (Å²) in [5, 5.41) is 4.32. The largest absolute Gasteiger partial charge is 0.397 e. The van der Waals surface area contributed by atoms with Gasteiger partial charge in [0.1, 0.15) is 4.88 Å². The molecular formula is C15H19ClN2OS. The molecule has 1 heterocycles. The number of thiophene rings is 1. The summed E-state index contributed by atoms with van der Waals surface area (Å²) in [6, 6.07) is 5.58. The van der Waals surface area contributed by atoms with Crippen molar-refractivity contribution in [1.82, 2.24) is 5.32 Å². The lowest BCUT2D eigenvalue weighted by atomic mass is 9.90. The zero-order valence-corrected chi connectivity index (χ0v) is 13.5. The van der Waals surface area contributed by atoms with E-state index in [4.69, 9.17) is 17.3 Å². The van der Waals surface area contributed by atoms with E-state index < -0.39 is 0 Å². The van der Waals surface area contributed by atoms with Crippen LogP contribution in [-0.2, 0) is 0 Å². The Kier molecular flexibility index (Phi) is 4.25. The highest BCUT2D eigenvalue weighted by molar-refractivity contribution is 7.21. The zero-order chi connectivity index (χ0) is 14.9. The van der Waals surface area contributed by atoms with Crippen molar-refractivity contribution in [2.45, 2.75) is 27.2 Å². The van der Waals surface area contributed by atoms with Crippen LogP contribution in [0.5, 0.6) is 0 Å². The molecule has 0 aliphatic carbocycles. The van der Waals surface area contributed by atoms with Crippen molar-refractivity contribution in [2.75, 3.05) is 12.3 Å². The number of nitrogens with one attached hydrogen (secondary N) is 1. The van der Waals surface area contributed by atoms with Crippen molar-refractivity contribution in [3.63, 3.8) is 0 Å². The van der Waals surface area contributed by atoms with Crippen molar-refractivity contribution >= 4 is 44.6 Å². The molecule has 0 fully saturated rings. The summed E-state index contributed by atoms with van der Waals surface area (Å²) >= 11 is 7.53. The fourth-order valence-corrected chi connectivity index (χ4v) is 3.22. The van der Waals surface area contributed by atoms with Crippen LogP contribution < -0.4 is 11.1 Å². The fourth-order valence-electron chi connectivity index (χ4n) is 1.82. The van der Waals surface area contributed by atoms with Gasteiger partial charge < -0.3 is 11.1 Å². The van der Waals surface area contributed by atoms with Crippen LogP contribution in [0.4, 0.5) is 5.69 Å². The fraction of sp³-hybridized carbons (Fsp3) is 0.400. The average Bonchev–Trinajstić information content (AvgIpc) is 2.75. The third-order valence-electron chi connectivity index (χ3n) is 3.59. The molecule has 1 aromatic carbocycles. The Morgan fingerprint density at radius 2 is 2.15 bits per heavy atom. The first-order chi connectivity index (χ1) is 9.35. The van der Waals surface area contributed by atoms with Crippen LogP contribution in [-0.4, -0.2) is 12.5 Å². The van der Waals surface area contributed by atoms with Gasteiger partial charge in [-0.3, -0.25) is 4.79 Å². The maximum atomic E-state index is 12.3. The van der Waals surface area contributed by atoms with E-state index in [0.717, 1.165) is 16.5 Å². The lowest BCUT2D eigenvalue weighted by molar-refractivity contribution is 0.0940. The van der Waals surface area contributed by atoms with Crippen LogP contribution >= 0.6 is 22.9 Å². The molecule has 0 spiro atoms. The summed E-state index contributed by atoms with van der Waals surface area (Å²) < 4.78 is 0.940. The molecule has 0 unspecified atom stereocenters. The summed E-state index contributed by atoms with van der Waals surface area (Å²) in [6.07, 6.45) is 1.00. The van der Waals surface area contributed by atoms with Crippen molar-refractivity contribution in [3.8, 4) is 0 Å². The molecule has 0 aliphatic rings. The number of hydrogen-bond acceptors (Lipinski definition) is 3. The predicted molar refractivity (Wildman–Crippen MR) is 87.7 cm³/mol. The number of halogens is 1. The molecule has 0 atom stereocenters. The zero-order valence-electron chi connectivity index (χ0n) is 11.9. The van der Waals surface area contributed by atoms with Gasteiger partial charge in [-0.25, -0.2) is 0 Å². The average molecular weight is 311 g/mol. The number of hydrogen-bond donors (Lipinski definition) is 2. The minimum absolute atomic E-state index is 0.0821. The van der Waals surface area contributed by atoms with Gasteiger partial charge >= 0.3 is 0 Å². The third kappa shape index (κ3) is 2.91. The summed E-state index contributed by atoms with van der Waals surface area (Å²) in [5.41, 5.74) is 6.63. The third-order valence-corrected chi connectivity index (χ3v) is 5.08. The summed E-state index contributed by atoms with van der Waals surface area (Å²) in [6.45, 7) is 6.99. The van der Waals surface area contributed by atoms with Gasteiger partial charge in [0.25, 0.3) is 5.91 Å². The van der Waals surface area contributed by atoms with E-state index in [1.165, 1.54) is 11.3 Å². The van der Waals surface area contributed by atoms with E-state index in [1.54, 1.807) is 6.07 Å². The Morgan fingerprint density at radius 1 is 1.45 bits per heavy atom. The van der Waals surface area contributed by atoms with Gasteiger partial charge in [0.05, 0.1) is 10.7 Å². The highest BCUT2D eigenvalue weighted by Gasteiger charge is 2.21. The molecule has 1 aromatic heterocycles. The van der Waals surface area contributed by atoms with Crippen LogP contribution in [0.1, 0.15) is 36.9 Å². The standard InChI is InChI=1S/C15H19ClN2OS/c1-4-15(2,3)8-18-14(19)13-12(17)11-9(16)6-5-7-10(11)20-13/h5-7H,4,8,17H2,1-3H3,(H,18,19). The lowest BCUT2D eigenvalue weighted by Gasteiger charge is -2.22. The molecule has 0 saturated carbocycles. The first-order valence-corrected chi connectivity index (χ1v) is 7.80. The molecule has 3 nitrogen and oxygen atoms in total. The van der Waals surface area contributed by atoms with E-state index >= 15 is 0 Å². The minimum Gasteiger partial charge on any atom is -0.397 e. The predicted octanol–water partition coefficient (Wildman–Crippen LogP) is 4.30. The highest BCUT2D eigenvalue weighted by atomic mass is 35.5. The first-order valence-electron chi connectivity index (χ1n) is 6.60. The molecular weight excluding hydrogens is 292 g/mol. The number of carbonyl (C=O) groups is 1. The monoisotopic (exact) mass is 310 g/mol. The number of rotatable bonds is 4. The van der Waals surface area contributed by atoms with Crippen molar-refractivity contribution in [3.05, 3.63) is 28.1 Å². The van der Waals surface area contributed by atoms with Gasteiger partial charge in [-0.1, -0.05) is 38.4 Å². The van der Waals surface area contributed by atoms with Gasteiger partial charge in [-0.15, -0.1) is 11.3 Å². The van der Waals surface area contributed by atoms with Gasteiger partial charge in [0.15, 0.2) is 0 Å². The quantitative estimate of drug-likeness (QED) is 0.884. The first kappa shape index (κ1) is 15.1. The number of nitrogen functional groups attached to an aromatic ring is 1. The molecule has 20 heavy (non-hydrogen) atoms. The van der Waals surface area contributed by atoms with Gasteiger partial charge in [-0.2, -0.15) is 0 Å². The van der Waals surface area contributed by atoms with Crippen molar-refractivity contribution in [2.24, 2.45) is 5.41 Å². The summed E-state index contributed by atoms with van der Waals surface area (Å²) in [5.74, 6) is -0.124. The Hall–Kier alpha value is -1.26. The number of fused-ring (bicyclic) bond motifs is 1. The molecule has 2 rings (SSSR count).